The van der Waals surface area contributed by atoms with Crippen LogP contribution in [0.3, 0.4) is 0 Å². The number of carbonyl (C=O) groups is 2. The number of nitrogens with one attached hydrogen (secondary N) is 1. The molecule has 2 heterocycles. The van der Waals surface area contributed by atoms with Gasteiger partial charge in [-0.3, -0.25) is 4.79 Å². The molecule has 1 aromatic rings. The highest BCUT2D eigenvalue weighted by Gasteiger charge is 2.21. The van der Waals surface area contributed by atoms with Gasteiger partial charge in [-0.2, -0.15) is 0 Å². The molecule has 0 atom stereocenters. The first kappa shape index (κ1) is 9.92. The quantitative estimate of drug-likeness (QED) is 0.605. The molecule has 5 heteroatoms. The fourth-order valence-electron chi connectivity index (χ4n) is 1.33. The summed E-state index contributed by atoms with van der Waals surface area (Å²) in [5.41, 5.74) is 0.713. The van der Waals surface area contributed by atoms with Crippen molar-refractivity contribution in [2.24, 2.45) is 0 Å². The second-order valence-corrected chi connectivity index (χ2v) is 4.19. The molecule has 0 saturated carbocycles. The Labute approximate surface area is 90.6 Å². The number of hydrogen-bond acceptors (Lipinski definition) is 4. The van der Waals surface area contributed by atoms with Crippen LogP contribution in [-0.4, -0.2) is 19.0 Å². The highest BCUT2D eigenvalue weighted by atomic mass is 32.1. The standard InChI is InChI=1S/C10H9NO3S/c1-14-9(12)3-2-6-4-7-8(15-6)5-11-10(7)13/h2-4H,5H2,1H3,(H,11,13)/b3-2+. The minimum absolute atomic E-state index is 0.0426. The number of rotatable bonds is 2. The molecule has 0 unspecified atom stereocenters. The maximum Gasteiger partial charge on any atom is 0.330 e. The Bertz CT molecular complexity index is 448. The predicted molar refractivity (Wildman–Crippen MR) is 56.5 cm³/mol. The van der Waals surface area contributed by atoms with Gasteiger partial charge in [0.25, 0.3) is 5.91 Å². The van der Waals surface area contributed by atoms with Crippen molar-refractivity contribution >= 4 is 29.3 Å². The first-order valence-corrected chi connectivity index (χ1v) is 5.19. The average molecular weight is 223 g/mol. The lowest BCUT2D eigenvalue weighted by molar-refractivity contribution is -0.134. The van der Waals surface area contributed by atoms with Crippen molar-refractivity contribution in [3.05, 3.63) is 27.5 Å². The molecule has 78 valence electrons. The number of ether oxygens (including phenoxy) is 1. The molecule has 4 nitrogen and oxygen atoms in total. The van der Waals surface area contributed by atoms with Gasteiger partial charge in [-0.15, -0.1) is 11.3 Å². The second kappa shape index (κ2) is 3.86. The van der Waals surface area contributed by atoms with E-state index in [0.29, 0.717) is 12.1 Å². The Morgan fingerprint density at radius 3 is 3.13 bits per heavy atom. The number of amides is 1. The molecule has 0 radical (unpaired) electrons. The van der Waals surface area contributed by atoms with Gasteiger partial charge >= 0.3 is 5.97 Å². The molecule has 1 amide bonds. The lowest BCUT2D eigenvalue weighted by Crippen LogP contribution is -2.12. The summed E-state index contributed by atoms with van der Waals surface area (Å²) in [6, 6.07) is 1.78. The van der Waals surface area contributed by atoms with Crippen LogP contribution < -0.4 is 5.32 Å². The summed E-state index contributed by atoms with van der Waals surface area (Å²) >= 11 is 1.50. The van der Waals surface area contributed by atoms with E-state index in [9.17, 15) is 9.59 Å². The number of methoxy groups -OCH3 is 1. The van der Waals surface area contributed by atoms with Gasteiger partial charge < -0.3 is 10.1 Å². The van der Waals surface area contributed by atoms with Gasteiger partial charge in [0.1, 0.15) is 0 Å². The van der Waals surface area contributed by atoms with E-state index in [2.05, 4.69) is 10.1 Å². The van der Waals surface area contributed by atoms with Gasteiger partial charge in [0.15, 0.2) is 0 Å². The van der Waals surface area contributed by atoms with Crippen molar-refractivity contribution in [2.75, 3.05) is 7.11 Å². The molecule has 1 aliphatic heterocycles. The molecule has 1 aromatic heterocycles. The third-order valence-electron chi connectivity index (χ3n) is 2.07. The monoisotopic (exact) mass is 223 g/mol. The van der Waals surface area contributed by atoms with E-state index in [4.69, 9.17) is 0 Å². The Balaban J connectivity index is 2.18. The summed E-state index contributed by atoms with van der Waals surface area (Å²) < 4.78 is 4.47. The Morgan fingerprint density at radius 2 is 2.47 bits per heavy atom. The zero-order valence-corrected chi connectivity index (χ0v) is 8.89. The summed E-state index contributed by atoms with van der Waals surface area (Å²) in [4.78, 5) is 24.0. The Hall–Kier alpha value is -1.62. The lowest BCUT2D eigenvalue weighted by Gasteiger charge is -1.90. The van der Waals surface area contributed by atoms with Gasteiger partial charge in [0.2, 0.25) is 0 Å². The highest BCUT2D eigenvalue weighted by molar-refractivity contribution is 7.13. The second-order valence-electron chi connectivity index (χ2n) is 3.02. The number of hydrogen-bond donors (Lipinski definition) is 1. The van der Waals surface area contributed by atoms with E-state index in [1.54, 1.807) is 12.1 Å². The van der Waals surface area contributed by atoms with Crippen molar-refractivity contribution in [1.82, 2.24) is 5.32 Å². The molecule has 0 aliphatic carbocycles. The summed E-state index contributed by atoms with van der Waals surface area (Å²) in [6.07, 6.45) is 3.00. The number of fused-ring (bicyclic) bond motifs is 1. The fourth-order valence-corrected chi connectivity index (χ4v) is 2.33. The minimum Gasteiger partial charge on any atom is -0.466 e. The normalized spacial score (nSPS) is 14.1. The third-order valence-corrected chi connectivity index (χ3v) is 3.17. The smallest absolute Gasteiger partial charge is 0.330 e. The van der Waals surface area contributed by atoms with Crippen molar-refractivity contribution < 1.29 is 14.3 Å². The van der Waals surface area contributed by atoms with Crippen molar-refractivity contribution in [3.63, 3.8) is 0 Å². The van der Waals surface area contributed by atoms with Gasteiger partial charge in [-0.25, -0.2) is 4.79 Å². The van der Waals surface area contributed by atoms with Gasteiger partial charge in [-0.1, -0.05) is 0 Å². The summed E-state index contributed by atoms with van der Waals surface area (Å²) in [5, 5.41) is 2.72. The van der Waals surface area contributed by atoms with Crippen LogP contribution in [0.5, 0.6) is 0 Å². The van der Waals surface area contributed by atoms with Crippen LogP contribution in [0.1, 0.15) is 20.1 Å². The maximum absolute atomic E-state index is 11.3. The largest absolute Gasteiger partial charge is 0.466 e. The molecule has 0 spiro atoms. The molecule has 0 saturated heterocycles. The third kappa shape index (κ3) is 1.92. The van der Waals surface area contributed by atoms with Crippen LogP contribution in [0.25, 0.3) is 6.08 Å². The zero-order valence-electron chi connectivity index (χ0n) is 8.07. The molecular weight excluding hydrogens is 214 g/mol. The molecule has 15 heavy (non-hydrogen) atoms. The van der Waals surface area contributed by atoms with Crippen LogP contribution >= 0.6 is 11.3 Å². The molecule has 1 aliphatic rings. The molecule has 0 fully saturated rings. The molecule has 1 N–H and O–H groups in total. The van der Waals surface area contributed by atoms with Gasteiger partial charge in [-0.05, 0) is 12.1 Å². The van der Waals surface area contributed by atoms with Crippen molar-refractivity contribution in [2.45, 2.75) is 6.54 Å². The van der Waals surface area contributed by atoms with E-state index >= 15 is 0 Å². The predicted octanol–water partition coefficient (Wildman–Crippen LogP) is 1.18. The summed E-state index contributed by atoms with van der Waals surface area (Å²) in [6.45, 7) is 0.588. The average Bonchev–Trinajstić information content (AvgIpc) is 2.78. The Morgan fingerprint density at radius 1 is 1.67 bits per heavy atom. The minimum atomic E-state index is -0.395. The number of carbonyl (C=O) groups excluding carboxylic acids is 2. The zero-order chi connectivity index (χ0) is 10.8. The van der Waals surface area contributed by atoms with E-state index in [1.165, 1.54) is 24.5 Å². The van der Waals surface area contributed by atoms with E-state index in [1.807, 2.05) is 0 Å². The highest BCUT2D eigenvalue weighted by Crippen LogP contribution is 2.27. The SMILES string of the molecule is COC(=O)/C=C/c1cc2c(s1)CNC2=O. The van der Waals surface area contributed by atoms with Crippen LogP contribution in [0.4, 0.5) is 0 Å². The Kier molecular flexibility index (Phi) is 2.55. The van der Waals surface area contributed by atoms with Gasteiger partial charge in [0.05, 0.1) is 19.2 Å². The lowest BCUT2D eigenvalue weighted by atomic mass is 10.2. The first-order valence-electron chi connectivity index (χ1n) is 4.37. The fraction of sp³-hybridized carbons (Fsp3) is 0.200. The van der Waals surface area contributed by atoms with E-state index < -0.39 is 5.97 Å². The van der Waals surface area contributed by atoms with Crippen LogP contribution in [0.15, 0.2) is 12.1 Å². The van der Waals surface area contributed by atoms with Gasteiger partial charge in [0, 0.05) is 15.8 Å². The number of esters is 1. The van der Waals surface area contributed by atoms with E-state index in [0.717, 1.165) is 9.75 Å². The first-order chi connectivity index (χ1) is 7.20. The summed E-state index contributed by atoms with van der Waals surface area (Å²) in [7, 11) is 1.33. The molecule has 2 rings (SSSR count). The van der Waals surface area contributed by atoms with Crippen molar-refractivity contribution in [1.29, 1.82) is 0 Å². The number of thiophene rings is 1. The molecule has 0 aromatic carbocycles. The molecule has 0 bridgehead atoms. The maximum atomic E-state index is 11.3. The molecular formula is C10H9NO3S. The summed E-state index contributed by atoms with van der Waals surface area (Å²) in [5.74, 6) is -0.438. The van der Waals surface area contributed by atoms with Crippen LogP contribution in [0.2, 0.25) is 0 Å². The van der Waals surface area contributed by atoms with Crippen LogP contribution in [0, 0.1) is 0 Å². The van der Waals surface area contributed by atoms with Crippen LogP contribution in [-0.2, 0) is 16.1 Å². The van der Waals surface area contributed by atoms with E-state index in [-0.39, 0.29) is 5.91 Å². The van der Waals surface area contributed by atoms with Crippen molar-refractivity contribution in [3.8, 4) is 0 Å². The topological polar surface area (TPSA) is 55.4 Å².